The lowest BCUT2D eigenvalue weighted by Gasteiger charge is -2.42. The molecule has 0 spiro atoms. The summed E-state index contributed by atoms with van der Waals surface area (Å²) in [6.45, 7) is 1.72. The standard InChI is InChI=1S/C24H21NO6/c1-14-20(22(27)30-13-28-2)21(29-3)16-8-6-4-5-7-9-19-23(14)24(16,31-23)17-12-15(26)10-11-18(17)25-19/h4-5,10-12,14,16,19,25-26H,13H2,1-3H3/b5-4-/t14-,16+,19-,23-,24+/m0/s1. The normalized spacial score (nSPS) is 34.4. The quantitative estimate of drug-likeness (QED) is 0.254. The highest BCUT2D eigenvalue weighted by Gasteiger charge is 2.84. The first-order valence-corrected chi connectivity index (χ1v) is 9.92. The molecule has 0 unspecified atom stereocenters. The van der Waals surface area contributed by atoms with Crippen LogP contribution in [0, 0.1) is 35.5 Å². The number of carbonyl (C=O) groups is 1. The Morgan fingerprint density at radius 2 is 2.03 bits per heavy atom. The van der Waals surface area contributed by atoms with Gasteiger partial charge in [0.25, 0.3) is 0 Å². The summed E-state index contributed by atoms with van der Waals surface area (Å²) in [7, 11) is 2.96. The Hall–Kier alpha value is -3.39. The third-order valence-corrected chi connectivity index (χ3v) is 6.46. The van der Waals surface area contributed by atoms with E-state index in [0.717, 1.165) is 11.3 Å². The largest absolute Gasteiger partial charge is 0.508 e. The molecule has 2 N–H and O–H groups in total. The Morgan fingerprint density at radius 3 is 2.77 bits per heavy atom. The highest BCUT2D eigenvalue weighted by molar-refractivity contribution is 5.91. The van der Waals surface area contributed by atoms with E-state index in [-0.39, 0.29) is 12.5 Å². The molecular weight excluding hydrogens is 398 g/mol. The molecule has 7 heteroatoms. The summed E-state index contributed by atoms with van der Waals surface area (Å²) in [6, 6.07) is 4.67. The van der Waals surface area contributed by atoms with Gasteiger partial charge >= 0.3 is 5.97 Å². The van der Waals surface area contributed by atoms with E-state index in [0.29, 0.717) is 11.3 Å². The number of methoxy groups -OCH3 is 2. The molecule has 1 aromatic rings. The Bertz CT molecular complexity index is 1160. The predicted molar refractivity (Wildman–Crippen MR) is 110 cm³/mol. The van der Waals surface area contributed by atoms with Crippen LogP contribution in [0.1, 0.15) is 12.5 Å². The first-order valence-electron chi connectivity index (χ1n) is 9.92. The van der Waals surface area contributed by atoms with Crippen molar-refractivity contribution in [3.8, 4) is 29.4 Å². The van der Waals surface area contributed by atoms with Crippen molar-refractivity contribution >= 4 is 11.7 Å². The van der Waals surface area contributed by atoms with Crippen LogP contribution in [0.3, 0.4) is 0 Å². The molecule has 0 amide bonds. The molecule has 1 saturated heterocycles. The van der Waals surface area contributed by atoms with Crippen molar-refractivity contribution in [2.45, 2.75) is 24.2 Å². The Balaban J connectivity index is 1.80. The van der Waals surface area contributed by atoms with E-state index >= 15 is 0 Å². The number of epoxide rings is 1. The molecule has 0 radical (unpaired) electrons. The summed E-state index contributed by atoms with van der Waals surface area (Å²) >= 11 is 0. The minimum atomic E-state index is -0.931. The Kier molecular flexibility index (Phi) is 4.30. The molecule has 4 bridgehead atoms. The highest BCUT2D eigenvalue weighted by Crippen LogP contribution is 2.73. The minimum Gasteiger partial charge on any atom is -0.508 e. The lowest BCUT2D eigenvalue weighted by Crippen LogP contribution is -2.55. The van der Waals surface area contributed by atoms with Crippen LogP contribution in [0.25, 0.3) is 0 Å². The maximum absolute atomic E-state index is 13.0. The molecule has 2 heterocycles. The third kappa shape index (κ3) is 2.42. The van der Waals surface area contributed by atoms with Crippen LogP contribution in [0.4, 0.5) is 5.69 Å². The third-order valence-electron chi connectivity index (χ3n) is 6.46. The van der Waals surface area contributed by atoms with Gasteiger partial charge in [-0.25, -0.2) is 4.79 Å². The molecule has 2 aliphatic carbocycles. The zero-order valence-electron chi connectivity index (χ0n) is 17.3. The molecule has 5 atom stereocenters. The summed E-state index contributed by atoms with van der Waals surface area (Å²) in [5.74, 6) is 11.4. The van der Waals surface area contributed by atoms with Gasteiger partial charge in [0, 0.05) is 24.3 Å². The van der Waals surface area contributed by atoms with Crippen LogP contribution in [0.5, 0.6) is 5.75 Å². The average Bonchev–Trinajstić information content (AvgIpc) is 3.49. The van der Waals surface area contributed by atoms with Crippen molar-refractivity contribution in [3.63, 3.8) is 0 Å². The van der Waals surface area contributed by atoms with Gasteiger partial charge in [-0.1, -0.05) is 30.6 Å². The van der Waals surface area contributed by atoms with Crippen LogP contribution < -0.4 is 5.32 Å². The number of carbonyl (C=O) groups excluding carboxylic acids is 1. The van der Waals surface area contributed by atoms with Gasteiger partial charge in [-0.05, 0) is 30.4 Å². The van der Waals surface area contributed by atoms with Gasteiger partial charge < -0.3 is 29.4 Å². The monoisotopic (exact) mass is 419 g/mol. The van der Waals surface area contributed by atoms with Crippen molar-refractivity contribution in [1.29, 1.82) is 0 Å². The molecule has 1 fully saturated rings. The molecule has 4 aliphatic rings. The number of fused-ring (bicyclic) bond motifs is 1. The topological polar surface area (TPSA) is 89.6 Å². The number of hydrogen-bond acceptors (Lipinski definition) is 7. The second-order valence-corrected chi connectivity index (χ2v) is 7.82. The fourth-order valence-electron chi connectivity index (χ4n) is 5.23. The number of anilines is 1. The second-order valence-electron chi connectivity index (χ2n) is 7.82. The van der Waals surface area contributed by atoms with Crippen LogP contribution >= 0.6 is 0 Å². The SMILES string of the molecule is COCOC(=O)C1=C(OC)[C@H]2C#C/C=C\C#C[C@@H]3Nc4ccc(O)cc4[C@]24O[C@@]34[C@H]1C. The van der Waals surface area contributed by atoms with E-state index in [1.807, 2.05) is 6.92 Å². The van der Waals surface area contributed by atoms with E-state index in [9.17, 15) is 9.90 Å². The van der Waals surface area contributed by atoms with Crippen LogP contribution in [0.2, 0.25) is 0 Å². The van der Waals surface area contributed by atoms with Gasteiger partial charge in [0.15, 0.2) is 6.79 Å². The second kappa shape index (κ2) is 6.81. The van der Waals surface area contributed by atoms with Crippen LogP contribution in [0.15, 0.2) is 41.7 Å². The molecule has 0 saturated carbocycles. The number of rotatable bonds is 4. The van der Waals surface area contributed by atoms with Gasteiger partial charge in [-0.3, -0.25) is 0 Å². The summed E-state index contributed by atoms with van der Waals surface area (Å²) in [5, 5.41) is 13.7. The van der Waals surface area contributed by atoms with E-state index in [1.165, 1.54) is 14.2 Å². The summed E-state index contributed by atoms with van der Waals surface area (Å²) in [4.78, 5) is 13.0. The molecule has 2 aliphatic heterocycles. The summed E-state index contributed by atoms with van der Waals surface area (Å²) in [6.07, 6.45) is 3.35. The molecule has 158 valence electrons. The number of benzene rings is 1. The van der Waals surface area contributed by atoms with Crippen LogP contribution in [-0.4, -0.2) is 43.7 Å². The number of phenols is 1. The summed E-state index contributed by atoms with van der Waals surface area (Å²) in [5.41, 5.74) is 0.0949. The number of allylic oxidation sites excluding steroid dienone is 2. The molecule has 31 heavy (non-hydrogen) atoms. The molecule has 7 nitrogen and oxygen atoms in total. The number of phenolic OH excluding ortho intramolecular Hbond substituents is 1. The lowest BCUT2D eigenvalue weighted by molar-refractivity contribution is -0.150. The molecular formula is C24H21NO6. The zero-order valence-corrected chi connectivity index (χ0v) is 17.3. The first kappa shape index (κ1) is 19.6. The first-order chi connectivity index (χ1) is 15.0. The predicted octanol–water partition coefficient (Wildman–Crippen LogP) is 2.04. The maximum atomic E-state index is 13.0. The van der Waals surface area contributed by atoms with Gasteiger partial charge in [0.1, 0.15) is 34.7 Å². The number of esters is 1. The smallest absolute Gasteiger partial charge is 0.339 e. The van der Waals surface area contributed by atoms with Crippen molar-refractivity contribution in [3.05, 3.63) is 47.2 Å². The van der Waals surface area contributed by atoms with Gasteiger partial charge in [-0.2, -0.15) is 0 Å². The van der Waals surface area contributed by atoms with E-state index < -0.39 is 35.0 Å². The Morgan fingerprint density at radius 1 is 1.26 bits per heavy atom. The van der Waals surface area contributed by atoms with Crippen molar-refractivity contribution < 1.29 is 28.8 Å². The van der Waals surface area contributed by atoms with Gasteiger partial charge in [0.05, 0.1) is 12.7 Å². The summed E-state index contributed by atoms with van der Waals surface area (Å²) < 4.78 is 22.6. The Labute approximate surface area is 180 Å². The average molecular weight is 419 g/mol. The zero-order chi connectivity index (χ0) is 21.8. The molecule has 1 aromatic carbocycles. The maximum Gasteiger partial charge on any atom is 0.339 e. The molecule has 5 rings (SSSR count). The minimum absolute atomic E-state index is 0.114. The van der Waals surface area contributed by atoms with Crippen molar-refractivity contribution in [1.82, 2.24) is 0 Å². The van der Waals surface area contributed by atoms with E-state index in [1.54, 1.807) is 30.4 Å². The number of hydrogen-bond donors (Lipinski definition) is 2. The van der Waals surface area contributed by atoms with E-state index in [4.69, 9.17) is 18.9 Å². The van der Waals surface area contributed by atoms with Gasteiger partial charge in [-0.15, -0.1) is 0 Å². The van der Waals surface area contributed by atoms with Crippen LogP contribution in [-0.2, 0) is 29.3 Å². The fourth-order valence-corrected chi connectivity index (χ4v) is 5.23. The fraction of sp³-hybridized carbons (Fsp3) is 0.375. The van der Waals surface area contributed by atoms with Gasteiger partial charge in [0.2, 0.25) is 0 Å². The lowest BCUT2D eigenvalue weighted by atomic mass is 9.60. The highest BCUT2D eigenvalue weighted by atomic mass is 16.7. The number of nitrogens with one attached hydrogen (secondary N) is 1. The van der Waals surface area contributed by atoms with E-state index in [2.05, 4.69) is 29.0 Å². The number of ether oxygens (including phenoxy) is 4. The van der Waals surface area contributed by atoms with Crippen molar-refractivity contribution in [2.75, 3.05) is 26.3 Å². The number of aromatic hydroxyl groups is 1. The molecule has 0 aromatic heterocycles. The van der Waals surface area contributed by atoms with Crippen molar-refractivity contribution in [2.24, 2.45) is 11.8 Å².